The largest absolute Gasteiger partial charge is 0.496 e. The average molecular weight is 334 g/mol. The smallest absolute Gasteiger partial charge is 0.330 e. The Morgan fingerprint density at radius 3 is 2.83 bits per heavy atom. The maximum Gasteiger partial charge on any atom is 0.330 e. The Morgan fingerprint density at radius 2 is 2.21 bits per heavy atom. The molecule has 1 aromatic carbocycles. The molecule has 0 unspecified atom stereocenters. The van der Waals surface area contributed by atoms with Gasteiger partial charge in [0.1, 0.15) is 11.9 Å². The number of carbonyl (C=O) groups is 1. The Kier molecular flexibility index (Phi) is 7.28. The molecule has 1 fully saturated rings. The van der Waals surface area contributed by atoms with E-state index in [4.69, 9.17) is 18.9 Å². The molecule has 5 heteroatoms. The van der Waals surface area contributed by atoms with Crippen LogP contribution in [0.2, 0.25) is 0 Å². The van der Waals surface area contributed by atoms with Crippen LogP contribution in [-0.4, -0.2) is 39.0 Å². The van der Waals surface area contributed by atoms with Gasteiger partial charge in [0.25, 0.3) is 0 Å². The molecule has 0 aliphatic carbocycles. The number of carbonyl (C=O) groups excluding carboxylic acids is 1. The van der Waals surface area contributed by atoms with Crippen molar-refractivity contribution in [3.63, 3.8) is 0 Å². The van der Waals surface area contributed by atoms with Crippen LogP contribution < -0.4 is 4.74 Å². The van der Waals surface area contributed by atoms with Crippen molar-refractivity contribution in [2.75, 3.05) is 26.9 Å². The van der Waals surface area contributed by atoms with Crippen molar-refractivity contribution in [1.82, 2.24) is 0 Å². The fourth-order valence-electron chi connectivity index (χ4n) is 2.52. The van der Waals surface area contributed by atoms with E-state index in [1.54, 1.807) is 20.1 Å². The van der Waals surface area contributed by atoms with Gasteiger partial charge in [-0.1, -0.05) is 25.5 Å². The summed E-state index contributed by atoms with van der Waals surface area (Å²) in [5.41, 5.74) is 1.86. The number of esters is 1. The fourth-order valence-corrected chi connectivity index (χ4v) is 2.52. The third-order valence-electron chi connectivity index (χ3n) is 3.78. The van der Waals surface area contributed by atoms with Gasteiger partial charge >= 0.3 is 5.97 Å². The standard InChI is InChI=1S/C19H26O5/c1-4-7-18(24-13-14-12-23-14)15-8-6-9-17(21-3)16(15)10-11-19(20)22-5-2/h6,8-11,14,18H,4-5,7,12-13H2,1-3H3/t14-,18-/m1/s1. The molecule has 1 aliphatic heterocycles. The fraction of sp³-hybridized carbons (Fsp3) is 0.526. The first-order chi connectivity index (χ1) is 11.7. The minimum absolute atomic E-state index is 0.0591. The molecule has 1 aliphatic rings. The van der Waals surface area contributed by atoms with E-state index in [1.165, 1.54) is 6.08 Å². The molecule has 2 atom stereocenters. The van der Waals surface area contributed by atoms with Crippen LogP contribution in [-0.2, 0) is 19.0 Å². The molecule has 0 bridgehead atoms. The molecule has 0 spiro atoms. The van der Waals surface area contributed by atoms with Gasteiger partial charge < -0.3 is 18.9 Å². The van der Waals surface area contributed by atoms with Crippen molar-refractivity contribution in [2.24, 2.45) is 0 Å². The van der Waals surface area contributed by atoms with Crippen LogP contribution in [0, 0.1) is 0 Å². The van der Waals surface area contributed by atoms with E-state index in [0.29, 0.717) is 19.0 Å². The van der Waals surface area contributed by atoms with E-state index in [-0.39, 0.29) is 18.2 Å². The zero-order valence-corrected chi connectivity index (χ0v) is 14.6. The van der Waals surface area contributed by atoms with Crippen LogP contribution in [0.3, 0.4) is 0 Å². The number of ether oxygens (including phenoxy) is 4. The summed E-state index contributed by atoms with van der Waals surface area (Å²) in [4.78, 5) is 11.6. The normalized spacial score (nSPS) is 17.7. The van der Waals surface area contributed by atoms with Gasteiger partial charge in [-0.05, 0) is 31.1 Å². The van der Waals surface area contributed by atoms with Crippen molar-refractivity contribution in [2.45, 2.75) is 38.9 Å². The zero-order chi connectivity index (χ0) is 17.4. The van der Waals surface area contributed by atoms with Crippen LogP contribution in [0.25, 0.3) is 6.08 Å². The van der Waals surface area contributed by atoms with Crippen LogP contribution >= 0.6 is 0 Å². The molecule has 132 valence electrons. The summed E-state index contributed by atoms with van der Waals surface area (Å²) in [6.45, 7) is 5.62. The molecule has 0 saturated carbocycles. The van der Waals surface area contributed by atoms with E-state index < -0.39 is 0 Å². The number of hydrogen-bond acceptors (Lipinski definition) is 5. The lowest BCUT2D eigenvalue weighted by molar-refractivity contribution is -0.137. The van der Waals surface area contributed by atoms with Gasteiger partial charge in [0.15, 0.2) is 0 Å². The molecule has 5 nitrogen and oxygen atoms in total. The Labute approximate surface area is 143 Å². The van der Waals surface area contributed by atoms with E-state index in [2.05, 4.69) is 6.92 Å². The molecular weight excluding hydrogens is 308 g/mol. The van der Waals surface area contributed by atoms with Gasteiger partial charge in [-0.3, -0.25) is 0 Å². The quantitative estimate of drug-likeness (QED) is 0.372. The molecular formula is C19H26O5. The number of hydrogen-bond donors (Lipinski definition) is 0. The Bertz CT molecular complexity index is 563. The summed E-state index contributed by atoms with van der Waals surface area (Å²) in [6, 6.07) is 5.83. The summed E-state index contributed by atoms with van der Waals surface area (Å²) >= 11 is 0. The van der Waals surface area contributed by atoms with Crippen molar-refractivity contribution < 1.29 is 23.7 Å². The molecule has 0 radical (unpaired) electrons. The lowest BCUT2D eigenvalue weighted by atomic mass is 9.97. The molecule has 2 rings (SSSR count). The Morgan fingerprint density at radius 1 is 1.42 bits per heavy atom. The van der Waals surface area contributed by atoms with E-state index >= 15 is 0 Å². The SMILES string of the molecule is CCC[C@@H](OC[C@H]1CO1)c1cccc(OC)c1C=CC(=O)OCC. The topological polar surface area (TPSA) is 57.3 Å². The van der Waals surface area contributed by atoms with Gasteiger partial charge in [0.05, 0.1) is 33.0 Å². The summed E-state index contributed by atoms with van der Waals surface area (Å²) in [7, 11) is 1.62. The highest BCUT2D eigenvalue weighted by Gasteiger charge is 2.25. The van der Waals surface area contributed by atoms with Gasteiger partial charge in [-0.2, -0.15) is 0 Å². The van der Waals surface area contributed by atoms with Gasteiger partial charge in [-0.15, -0.1) is 0 Å². The van der Waals surface area contributed by atoms with Crippen LogP contribution in [0.4, 0.5) is 0 Å². The molecule has 24 heavy (non-hydrogen) atoms. The van der Waals surface area contributed by atoms with Crippen LogP contribution in [0.1, 0.15) is 43.9 Å². The number of methoxy groups -OCH3 is 1. The molecule has 0 amide bonds. The van der Waals surface area contributed by atoms with Crippen molar-refractivity contribution >= 4 is 12.0 Å². The van der Waals surface area contributed by atoms with E-state index in [1.807, 2.05) is 18.2 Å². The highest BCUT2D eigenvalue weighted by atomic mass is 16.6. The summed E-state index contributed by atoms with van der Waals surface area (Å²) in [5, 5.41) is 0. The highest BCUT2D eigenvalue weighted by molar-refractivity contribution is 5.88. The number of rotatable bonds is 10. The molecule has 0 N–H and O–H groups in total. The lowest BCUT2D eigenvalue weighted by Crippen LogP contribution is -2.11. The van der Waals surface area contributed by atoms with E-state index in [0.717, 1.165) is 30.6 Å². The molecule has 1 heterocycles. The second-order valence-electron chi connectivity index (χ2n) is 5.61. The predicted molar refractivity (Wildman–Crippen MR) is 92.0 cm³/mol. The predicted octanol–water partition coefficient (Wildman–Crippen LogP) is 3.53. The molecule has 1 saturated heterocycles. The third kappa shape index (κ3) is 5.35. The Hall–Kier alpha value is -1.85. The molecule has 1 aromatic rings. The van der Waals surface area contributed by atoms with Gasteiger partial charge in [-0.25, -0.2) is 4.79 Å². The lowest BCUT2D eigenvalue weighted by Gasteiger charge is -2.21. The van der Waals surface area contributed by atoms with Crippen LogP contribution in [0.15, 0.2) is 24.3 Å². The second-order valence-corrected chi connectivity index (χ2v) is 5.61. The first kappa shape index (κ1) is 18.5. The minimum Gasteiger partial charge on any atom is -0.496 e. The number of benzene rings is 1. The van der Waals surface area contributed by atoms with Crippen LogP contribution in [0.5, 0.6) is 5.75 Å². The highest BCUT2D eigenvalue weighted by Crippen LogP contribution is 2.33. The first-order valence-electron chi connectivity index (χ1n) is 8.44. The van der Waals surface area contributed by atoms with Gasteiger partial charge in [0, 0.05) is 11.6 Å². The molecule has 0 aromatic heterocycles. The monoisotopic (exact) mass is 334 g/mol. The maximum absolute atomic E-state index is 11.6. The second kappa shape index (κ2) is 9.45. The zero-order valence-electron chi connectivity index (χ0n) is 14.6. The summed E-state index contributed by atoms with van der Waals surface area (Å²) < 4.78 is 21.7. The Balaban J connectivity index is 2.25. The van der Waals surface area contributed by atoms with Gasteiger partial charge in [0.2, 0.25) is 0 Å². The maximum atomic E-state index is 11.6. The van der Waals surface area contributed by atoms with E-state index in [9.17, 15) is 4.79 Å². The first-order valence-corrected chi connectivity index (χ1v) is 8.44. The summed E-state index contributed by atoms with van der Waals surface area (Å²) in [6.07, 6.45) is 5.21. The number of epoxide rings is 1. The van der Waals surface area contributed by atoms with Crippen molar-refractivity contribution in [3.8, 4) is 5.75 Å². The van der Waals surface area contributed by atoms with Crippen molar-refractivity contribution in [3.05, 3.63) is 35.4 Å². The third-order valence-corrected chi connectivity index (χ3v) is 3.78. The summed E-state index contributed by atoms with van der Waals surface area (Å²) in [5.74, 6) is 0.342. The minimum atomic E-state index is -0.367. The average Bonchev–Trinajstić information content (AvgIpc) is 3.41. The van der Waals surface area contributed by atoms with Crippen molar-refractivity contribution in [1.29, 1.82) is 0 Å².